The molecule has 0 atom stereocenters. The number of benzene rings is 1. The minimum Gasteiger partial charge on any atom is -0.355 e. The molecular formula is C20H30N4O2. The minimum absolute atomic E-state index is 0.0919. The Balaban J connectivity index is 1.26. The Morgan fingerprint density at radius 2 is 1.73 bits per heavy atom. The molecule has 2 amide bonds. The molecule has 6 nitrogen and oxygen atoms in total. The number of carbonyl (C=O) groups excluding carboxylic acids is 2. The third kappa shape index (κ3) is 5.81. The van der Waals surface area contributed by atoms with E-state index in [0.29, 0.717) is 19.5 Å². The predicted octanol–water partition coefficient (Wildman–Crippen LogP) is 0.933. The molecule has 26 heavy (non-hydrogen) atoms. The van der Waals surface area contributed by atoms with Gasteiger partial charge in [0, 0.05) is 58.8 Å². The fourth-order valence-electron chi connectivity index (χ4n) is 3.64. The molecule has 1 N–H and O–H groups in total. The van der Waals surface area contributed by atoms with Crippen LogP contribution in [0.15, 0.2) is 30.3 Å². The molecule has 0 spiro atoms. The second-order valence-corrected chi connectivity index (χ2v) is 7.23. The predicted molar refractivity (Wildman–Crippen MR) is 102 cm³/mol. The molecule has 2 fully saturated rings. The van der Waals surface area contributed by atoms with E-state index in [1.54, 1.807) is 0 Å². The van der Waals surface area contributed by atoms with Gasteiger partial charge in [-0.25, -0.2) is 0 Å². The smallest absolute Gasteiger partial charge is 0.234 e. The summed E-state index contributed by atoms with van der Waals surface area (Å²) in [5, 5.41) is 2.99. The SMILES string of the molecule is O=C(CN1CCN(Cc2ccccc2)CC1)NCCCN1CCCC1=O. The zero-order chi connectivity index (χ0) is 18.2. The van der Waals surface area contributed by atoms with Crippen LogP contribution in [0, 0.1) is 0 Å². The van der Waals surface area contributed by atoms with Crippen LogP contribution in [0.4, 0.5) is 0 Å². The number of hydrogen-bond donors (Lipinski definition) is 1. The maximum atomic E-state index is 12.1. The van der Waals surface area contributed by atoms with Gasteiger partial charge >= 0.3 is 0 Å². The first-order valence-corrected chi connectivity index (χ1v) is 9.74. The number of amides is 2. The van der Waals surface area contributed by atoms with E-state index in [9.17, 15) is 9.59 Å². The van der Waals surface area contributed by atoms with Gasteiger partial charge in [-0.05, 0) is 18.4 Å². The molecule has 0 aliphatic carbocycles. The summed E-state index contributed by atoms with van der Waals surface area (Å²) in [7, 11) is 0. The number of carbonyl (C=O) groups is 2. The van der Waals surface area contributed by atoms with E-state index in [0.717, 1.165) is 58.7 Å². The Morgan fingerprint density at radius 1 is 1.00 bits per heavy atom. The summed E-state index contributed by atoms with van der Waals surface area (Å²) in [4.78, 5) is 30.2. The van der Waals surface area contributed by atoms with Crippen molar-refractivity contribution in [3.63, 3.8) is 0 Å². The normalized spacial score (nSPS) is 19.1. The lowest BCUT2D eigenvalue weighted by atomic mass is 10.2. The molecule has 142 valence electrons. The first kappa shape index (κ1) is 18.9. The molecule has 0 saturated carbocycles. The van der Waals surface area contributed by atoms with Gasteiger partial charge < -0.3 is 10.2 Å². The average Bonchev–Trinajstić information content (AvgIpc) is 3.06. The van der Waals surface area contributed by atoms with Crippen LogP contribution in [-0.2, 0) is 16.1 Å². The van der Waals surface area contributed by atoms with E-state index in [1.807, 2.05) is 11.0 Å². The standard InChI is InChI=1S/C20H30N4O2/c25-19(21-9-5-11-24-10-4-8-20(24)26)17-23-14-12-22(13-15-23)16-18-6-2-1-3-7-18/h1-3,6-7H,4-5,8-17H2,(H,21,25). The summed E-state index contributed by atoms with van der Waals surface area (Å²) in [6.45, 7) is 7.61. The summed E-state index contributed by atoms with van der Waals surface area (Å²) >= 11 is 0. The highest BCUT2D eigenvalue weighted by molar-refractivity contribution is 5.78. The number of hydrogen-bond acceptors (Lipinski definition) is 4. The van der Waals surface area contributed by atoms with Gasteiger partial charge in [0.1, 0.15) is 0 Å². The molecular weight excluding hydrogens is 328 g/mol. The van der Waals surface area contributed by atoms with Gasteiger partial charge in [-0.3, -0.25) is 19.4 Å². The molecule has 3 rings (SSSR count). The first-order valence-electron chi connectivity index (χ1n) is 9.74. The fraction of sp³-hybridized carbons (Fsp3) is 0.600. The molecule has 0 radical (unpaired) electrons. The summed E-state index contributed by atoms with van der Waals surface area (Å²) in [5.74, 6) is 0.346. The van der Waals surface area contributed by atoms with Gasteiger partial charge in [0.2, 0.25) is 11.8 Å². The molecule has 0 aromatic heterocycles. The van der Waals surface area contributed by atoms with Crippen molar-refractivity contribution >= 4 is 11.8 Å². The van der Waals surface area contributed by atoms with Crippen LogP contribution in [0.1, 0.15) is 24.8 Å². The summed E-state index contributed by atoms with van der Waals surface area (Å²) in [5.41, 5.74) is 1.34. The zero-order valence-electron chi connectivity index (χ0n) is 15.5. The number of piperazine rings is 1. The second kappa shape index (κ2) is 9.69. The Bertz CT molecular complexity index is 585. The molecule has 0 bridgehead atoms. The molecule has 1 aromatic rings. The highest BCUT2D eigenvalue weighted by Crippen LogP contribution is 2.10. The van der Waals surface area contributed by atoms with E-state index < -0.39 is 0 Å². The molecule has 2 heterocycles. The minimum atomic E-state index is 0.0919. The first-order chi connectivity index (χ1) is 12.7. The van der Waals surface area contributed by atoms with Crippen molar-refractivity contribution in [2.24, 2.45) is 0 Å². The van der Waals surface area contributed by atoms with Crippen LogP contribution in [0.2, 0.25) is 0 Å². The molecule has 0 unspecified atom stereocenters. The summed E-state index contributed by atoms with van der Waals surface area (Å²) < 4.78 is 0. The Hall–Kier alpha value is -1.92. The number of likely N-dealkylation sites (tertiary alicyclic amines) is 1. The van der Waals surface area contributed by atoms with Crippen LogP contribution in [-0.4, -0.2) is 78.9 Å². The second-order valence-electron chi connectivity index (χ2n) is 7.23. The lowest BCUT2D eigenvalue weighted by Crippen LogP contribution is -2.49. The van der Waals surface area contributed by atoms with Crippen LogP contribution in [0.25, 0.3) is 0 Å². The molecule has 2 aliphatic rings. The van der Waals surface area contributed by atoms with Gasteiger partial charge in [-0.1, -0.05) is 30.3 Å². The van der Waals surface area contributed by atoms with Gasteiger partial charge in [0.15, 0.2) is 0 Å². The van der Waals surface area contributed by atoms with Crippen molar-refractivity contribution in [2.75, 3.05) is 52.4 Å². The lowest BCUT2D eigenvalue weighted by Gasteiger charge is -2.34. The van der Waals surface area contributed by atoms with Crippen LogP contribution in [0.3, 0.4) is 0 Å². The number of rotatable bonds is 8. The van der Waals surface area contributed by atoms with Gasteiger partial charge in [0.25, 0.3) is 0 Å². The van der Waals surface area contributed by atoms with E-state index >= 15 is 0 Å². The third-order valence-electron chi connectivity index (χ3n) is 5.18. The average molecular weight is 358 g/mol. The van der Waals surface area contributed by atoms with Gasteiger partial charge in [-0.15, -0.1) is 0 Å². The molecule has 2 aliphatic heterocycles. The third-order valence-corrected chi connectivity index (χ3v) is 5.18. The van der Waals surface area contributed by atoms with E-state index in [4.69, 9.17) is 0 Å². The van der Waals surface area contributed by atoms with Crippen molar-refractivity contribution < 1.29 is 9.59 Å². The van der Waals surface area contributed by atoms with Crippen molar-refractivity contribution in [1.82, 2.24) is 20.0 Å². The van der Waals surface area contributed by atoms with Crippen molar-refractivity contribution in [2.45, 2.75) is 25.8 Å². The van der Waals surface area contributed by atoms with E-state index in [2.05, 4.69) is 39.4 Å². The molecule has 6 heteroatoms. The number of nitrogens with one attached hydrogen (secondary N) is 1. The highest BCUT2D eigenvalue weighted by Gasteiger charge is 2.20. The van der Waals surface area contributed by atoms with Crippen molar-refractivity contribution in [3.8, 4) is 0 Å². The largest absolute Gasteiger partial charge is 0.355 e. The van der Waals surface area contributed by atoms with Crippen molar-refractivity contribution in [3.05, 3.63) is 35.9 Å². The summed E-state index contributed by atoms with van der Waals surface area (Å²) in [6, 6.07) is 10.5. The quantitative estimate of drug-likeness (QED) is 0.703. The lowest BCUT2D eigenvalue weighted by molar-refractivity contribution is -0.127. The highest BCUT2D eigenvalue weighted by atomic mass is 16.2. The van der Waals surface area contributed by atoms with E-state index in [1.165, 1.54) is 5.56 Å². The van der Waals surface area contributed by atoms with E-state index in [-0.39, 0.29) is 11.8 Å². The maximum Gasteiger partial charge on any atom is 0.234 e. The van der Waals surface area contributed by atoms with Gasteiger partial charge in [-0.2, -0.15) is 0 Å². The zero-order valence-corrected chi connectivity index (χ0v) is 15.5. The van der Waals surface area contributed by atoms with Gasteiger partial charge in [0.05, 0.1) is 6.54 Å². The number of nitrogens with zero attached hydrogens (tertiary/aromatic N) is 3. The van der Waals surface area contributed by atoms with Crippen molar-refractivity contribution in [1.29, 1.82) is 0 Å². The molecule has 1 aromatic carbocycles. The van der Waals surface area contributed by atoms with Crippen LogP contribution < -0.4 is 5.32 Å². The topological polar surface area (TPSA) is 55.9 Å². The fourth-order valence-corrected chi connectivity index (χ4v) is 3.64. The monoisotopic (exact) mass is 358 g/mol. The van der Waals surface area contributed by atoms with Crippen LogP contribution >= 0.6 is 0 Å². The maximum absolute atomic E-state index is 12.1. The Kier molecular flexibility index (Phi) is 7.03. The molecule has 2 saturated heterocycles. The summed E-state index contributed by atoms with van der Waals surface area (Å²) in [6.07, 6.45) is 2.49. The van der Waals surface area contributed by atoms with Crippen LogP contribution in [0.5, 0.6) is 0 Å². The Labute approximate surface area is 156 Å². The Morgan fingerprint density at radius 3 is 2.42 bits per heavy atom.